The van der Waals surface area contributed by atoms with Crippen molar-refractivity contribution in [3.63, 3.8) is 0 Å². The number of carbonyl (C=O) groups excluding carboxylic acids is 1. The van der Waals surface area contributed by atoms with Gasteiger partial charge in [-0.15, -0.1) is 0 Å². The number of nitrogens with one attached hydrogen (secondary N) is 1. The second-order valence-corrected chi connectivity index (χ2v) is 8.36. The molecule has 0 radical (unpaired) electrons. The summed E-state index contributed by atoms with van der Waals surface area (Å²) < 4.78 is 40.7. The molecule has 0 spiro atoms. The zero-order chi connectivity index (χ0) is 19.4. The van der Waals surface area contributed by atoms with E-state index < -0.39 is 15.8 Å². The molecule has 0 bridgehead atoms. The topological polar surface area (TPSA) is 66.5 Å². The Morgan fingerprint density at radius 2 is 1.81 bits per heavy atom. The molecule has 140 valence electrons. The Balaban J connectivity index is 1.74. The minimum absolute atomic E-state index is 0.0530. The Morgan fingerprint density at radius 1 is 1.11 bits per heavy atom. The number of benzene rings is 2. The number of para-hydroxylation sites is 1. The number of anilines is 1. The van der Waals surface area contributed by atoms with E-state index in [1.165, 1.54) is 48.5 Å². The highest BCUT2D eigenvalue weighted by molar-refractivity contribution is 7.92. The average Bonchev–Trinajstić information content (AvgIpc) is 3.16. The van der Waals surface area contributed by atoms with Gasteiger partial charge >= 0.3 is 0 Å². The van der Waals surface area contributed by atoms with Crippen molar-refractivity contribution in [2.24, 2.45) is 0 Å². The number of thiophene rings is 1. The molecule has 2 aromatic carbocycles. The van der Waals surface area contributed by atoms with E-state index in [1.54, 1.807) is 23.3 Å². The monoisotopic (exact) mass is 404 g/mol. The zero-order valence-corrected chi connectivity index (χ0v) is 16.1. The first-order valence-electron chi connectivity index (χ1n) is 8.01. The molecule has 1 aromatic heterocycles. The van der Waals surface area contributed by atoms with E-state index >= 15 is 0 Å². The Kier molecular flexibility index (Phi) is 5.57. The van der Waals surface area contributed by atoms with Crippen molar-refractivity contribution in [3.05, 3.63) is 82.3 Å². The predicted molar refractivity (Wildman–Crippen MR) is 104 cm³/mol. The average molecular weight is 404 g/mol. The summed E-state index contributed by atoms with van der Waals surface area (Å²) in [5, 5.41) is 3.91. The maximum atomic E-state index is 13.7. The van der Waals surface area contributed by atoms with E-state index in [0.717, 1.165) is 5.56 Å². The van der Waals surface area contributed by atoms with Crippen LogP contribution in [0.4, 0.5) is 10.1 Å². The van der Waals surface area contributed by atoms with Gasteiger partial charge in [-0.3, -0.25) is 9.52 Å². The molecule has 0 aliphatic carbocycles. The van der Waals surface area contributed by atoms with Crippen molar-refractivity contribution < 1.29 is 17.6 Å². The van der Waals surface area contributed by atoms with Crippen LogP contribution >= 0.6 is 11.3 Å². The predicted octanol–water partition coefficient (Wildman–Crippen LogP) is 3.96. The highest BCUT2D eigenvalue weighted by Crippen LogP contribution is 2.20. The molecule has 8 heteroatoms. The molecule has 1 N–H and O–H groups in total. The highest BCUT2D eigenvalue weighted by Gasteiger charge is 2.18. The molecular weight excluding hydrogens is 387 g/mol. The van der Waals surface area contributed by atoms with Gasteiger partial charge in [-0.25, -0.2) is 12.8 Å². The highest BCUT2D eigenvalue weighted by atomic mass is 32.2. The third-order valence-electron chi connectivity index (χ3n) is 3.88. The minimum atomic E-state index is -3.95. The molecular formula is C19H17FN2O3S2. The molecule has 0 saturated heterocycles. The van der Waals surface area contributed by atoms with Gasteiger partial charge in [-0.2, -0.15) is 11.3 Å². The van der Waals surface area contributed by atoms with Crippen LogP contribution in [-0.4, -0.2) is 26.3 Å². The Hall–Kier alpha value is -2.71. The van der Waals surface area contributed by atoms with Crippen LogP contribution in [0.3, 0.4) is 0 Å². The molecule has 27 heavy (non-hydrogen) atoms. The number of carbonyl (C=O) groups is 1. The number of hydrogen-bond donors (Lipinski definition) is 1. The first kappa shape index (κ1) is 19.1. The van der Waals surface area contributed by atoms with Gasteiger partial charge in [-0.1, -0.05) is 12.1 Å². The third-order valence-corrected chi connectivity index (χ3v) is 5.99. The van der Waals surface area contributed by atoms with E-state index in [-0.39, 0.29) is 16.5 Å². The van der Waals surface area contributed by atoms with Crippen molar-refractivity contribution in [2.45, 2.75) is 11.4 Å². The summed E-state index contributed by atoms with van der Waals surface area (Å²) in [6.45, 7) is 0.469. The Morgan fingerprint density at radius 3 is 2.44 bits per heavy atom. The first-order chi connectivity index (χ1) is 12.9. The zero-order valence-electron chi connectivity index (χ0n) is 14.4. The van der Waals surface area contributed by atoms with Crippen molar-refractivity contribution >= 4 is 33.0 Å². The lowest BCUT2D eigenvalue weighted by Crippen LogP contribution is -2.26. The van der Waals surface area contributed by atoms with E-state index in [1.807, 2.05) is 16.8 Å². The third kappa shape index (κ3) is 4.53. The normalized spacial score (nSPS) is 11.2. The lowest BCUT2D eigenvalue weighted by molar-refractivity contribution is 0.0785. The van der Waals surface area contributed by atoms with E-state index in [9.17, 15) is 17.6 Å². The second kappa shape index (κ2) is 7.89. The summed E-state index contributed by atoms with van der Waals surface area (Å²) in [4.78, 5) is 14.0. The quantitative estimate of drug-likeness (QED) is 0.676. The summed E-state index contributed by atoms with van der Waals surface area (Å²) in [6, 6.07) is 13.0. The summed E-state index contributed by atoms with van der Waals surface area (Å²) in [5.74, 6) is -0.880. The van der Waals surface area contributed by atoms with Gasteiger partial charge in [-0.05, 0) is 58.8 Å². The van der Waals surface area contributed by atoms with Crippen molar-refractivity contribution in [2.75, 3.05) is 11.8 Å². The van der Waals surface area contributed by atoms with Gasteiger partial charge in [0, 0.05) is 19.2 Å². The molecule has 0 unspecified atom stereocenters. The van der Waals surface area contributed by atoms with Crippen molar-refractivity contribution in [1.29, 1.82) is 0 Å². The number of nitrogens with zero attached hydrogens (tertiary/aromatic N) is 1. The maximum absolute atomic E-state index is 13.7. The molecule has 1 amide bonds. The van der Waals surface area contributed by atoms with Crippen LogP contribution in [0.1, 0.15) is 15.9 Å². The first-order valence-corrected chi connectivity index (χ1v) is 10.4. The fraction of sp³-hybridized carbons (Fsp3) is 0.105. The minimum Gasteiger partial charge on any atom is -0.337 e. The molecule has 0 fully saturated rings. The van der Waals surface area contributed by atoms with Gasteiger partial charge < -0.3 is 4.90 Å². The molecule has 0 saturated carbocycles. The van der Waals surface area contributed by atoms with Gasteiger partial charge in [0.15, 0.2) is 0 Å². The summed E-state index contributed by atoms with van der Waals surface area (Å²) in [7, 11) is -2.27. The molecule has 0 aliphatic heterocycles. The summed E-state index contributed by atoms with van der Waals surface area (Å²) in [5.41, 5.74) is 1.27. The molecule has 0 aliphatic rings. The van der Waals surface area contributed by atoms with Crippen LogP contribution in [0.25, 0.3) is 0 Å². The maximum Gasteiger partial charge on any atom is 0.261 e. The Bertz CT molecular complexity index is 1030. The molecule has 3 rings (SSSR count). The molecule has 5 nitrogen and oxygen atoms in total. The molecule has 3 aromatic rings. The van der Waals surface area contributed by atoms with Gasteiger partial charge in [0.25, 0.3) is 15.9 Å². The lowest BCUT2D eigenvalue weighted by atomic mass is 10.2. The van der Waals surface area contributed by atoms with Crippen molar-refractivity contribution in [1.82, 2.24) is 4.90 Å². The fourth-order valence-electron chi connectivity index (χ4n) is 2.47. The Labute approximate surface area is 161 Å². The number of sulfonamides is 1. The van der Waals surface area contributed by atoms with Crippen LogP contribution in [0.5, 0.6) is 0 Å². The lowest BCUT2D eigenvalue weighted by Gasteiger charge is -2.17. The van der Waals surface area contributed by atoms with Crippen LogP contribution in [0.2, 0.25) is 0 Å². The van der Waals surface area contributed by atoms with E-state index in [4.69, 9.17) is 0 Å². The van der Waals surface area contributed by atoms with E-state index in [0.29, 0.717) is 12.1 Å². The SMILES string of the molecule is CN(Cc1ccsc1)C(=O)c1ccc(S(=O)(=O)Nc2ccccc2F)cc1. The van der Waals surface area contributed by atoms with Gasteiger partial charge in [0.05, 0.1) is 10.6 Å². The van der Waals surface area contributed by atoms with Crippen LogP contribution < -0.4 is 4.72 Å². The molecule has 1 heterocycles. The number of halogens is 1. The fourth-order valence-corrected chi connectivity index (χ4v) is 4.20. The second-order valence-electron chi connectivity index (χ2n) is 5.90. The van der Waals surface area contributed by atoms with Crippen LogP contribution in [-0.2, 0) is 16.6 Å². The van der Waals surface area contributed by atoms with Crippen molar-refractivity contribution in [3.8, 4) is 0 Å². The smallest absolute Gasteiger partial charge is 0.261 e. The van der Waals surface area contributed by atoms with Crippen LogP contribution in [0, 0.1) is 5.82 Å². The number of rotatable bonds is 6. The standard InChI is InChI=1S/C19H17FN2O3S2/c1-22(12-14-10-11-26-13-14)19(23)15-6-8-16(9-7-15)27(24,25)21-18-5-3-2-4-17(18)20/h2-11,13,21H,12H2,1H3. The summed E-state index contributed by atoms with van der Waals surface area (Å²) >= 11 is 1.56. The number of amides is 1. The number of hydrogen-bond acceptors (Lipinski definition) is 4. The van der Waals surface area contributed by atoms with E-state index in [2.05, 4.69) is 4.72 Å². The van der Waals surface area contributed by atoms with Gasteiger partial charge in [0.2, 0.25) is 0 Å². The molecule has 0 atom stereocenters. The van der Waals surface area contributed by atoms with Gasteiger partial charge in [0.1, 0.15) is 5.82 Å². The van der Waals surface area contributed by atoms with Crippen LogP contribution in [0.15, 0.2) is 70.3 Å². The largest absolute Gasteiger partial charge is 0.337 e. The summed E-state index contributed by atoms with van der Waals surface area (Å²) in [6.07, 6.45) is 0.